The first-order valence-corrected chi connectivity index (χ1v) is 4.83. The Morgan fingerprint density at radius 3 is 2.79 bits per heavy atom. The van der Waals surface area contributed by atoms with Crippen LogP contribution in [-0.4, -0.2) is 47.3 Å². The van der Waals surface area contributed by atoms with Crippen molar-refractivity contribution in [1.82, 2.24) is 0 Å². The molecule has 0 aromatic carbocycles. The fourth-order valence-electron chi connectivity index (χ4n) is 2.16. The van der Waals surface area contributed by atoms with Gasteiger partial charge in [0, 0.05) is 0 Å². The summed E-state index contributed by atoms with van der Waals surface area (Å²) >= 11 is 0. The minimum atomic E-state index is -1.07. The van der Waals surface area contributed by atoms with Crippen LogP contribution in [0.2, 0.25) is 0 Å². The molecule has 4 atom stereocenters. The maximum Gasteiger partial charge on any atom is 0.135 e. The second kappa shape index (κ2) is 3.31. The van der Waals surface area contributed by atoms with Crippen molar-refractivity contribution < 1.29 is 19.7 Å². The van der Waals surface area contributed by atoms with Crippen LogP contribution in [0.3, 0.4) is 0 Å². The van der Waals surface area contributed by atoms with Gasteiger partial charge < -0.3 is 19.7 Å². The van der Waals surface area contributed by atoms with Gasteiger partial charge in [-0.05, 0) is 19.9 Å². The molecule has 0 aromatic rings. The maximum atomic E-state index is 10.2. The van der Waals surface area contributed by atoms with E-state index in [2.05, 4.69) is 0 Å². The van der Waals surface area contributed by atoms with E-state index in [1.54, 1.807) is 6.08 Å². The lowest BCUT2D eigenvalue weighted by Crippen LogP contribution is -2.42. The molecule has 2 fully saturated rings. The molecule has 2 saturated heterocycles. The van der Waals surface area contributed by atoms with Crippen LogP contribution in [-0.2, 0) is 9.47 Å². The standard InChI is InChI=1S/C10H16O4/c1-6(2)3-10(12)5-14-8-7(11)4-13-9(8)10/h3,7-9,11-12H,4-5H2,1-2H3/t7-,8-,9+,10-/m1/s1. The van der Waals surface area contributed by atoms with Gasteiger partial charge in [-0.2, -0.15) is 0 Å². The largest absolute Gasteiger partial charge is 0.388 e. The van der Waals surface area contributed by atoms with E-state index in [1.807, 2.05) is 13.8 Å². The van der Waals surface area contributed by atoms with Gasteiger partial charge >= 0.3 is 0 Å². The van der Waals surface area contributed by atoms with E-state index < -0.39 is 17.8 Å². The van der Waals surface area contributed by atoms with Gasteiger partial charge in [-0.15, -0.1) is 0 Å². The molecule has 2 N–H and O–H groups in total. The van der Waals surface area contributed by atoms with Crippen LogP contribution < -0.4 is 0 Å². The summed E-state index contributed by atoms with van der Waals surface area (Å²) in [6, 6.07) is 0. The zero-order chi connectivity index (χ0) is 10.3. The number of hydrogen-bond donors (Lipinski definition) is 2. The third-order valence-corrected chi connectivity index (χ3v) is 2.66. The summed E-state index contributed by atoms with van der Waals surface area (Å²) in [5, 5.41) is 19.7. The molecule has 4 nitrogen and oxygen atoms in total. The molecule has 0 amide bonds. The first-order valence-electron chi connectivity index (χ1n) is 4.83. The van der Waals surface area contributed by atoms with Crippen LogP contribution in [0.25, 0.3) is 0 Å². The smallest absolute Gasteiger partial charge is 0.135 e. The summed E-state index contributed by atoms with van der Waals surface area (Å²) in [5.74, 6) is 0. The Bertz CT molecular complexity index is 259. The molecular weight excluding hydrogens is 184 g/mol. The highest BCUT2D eigenvalue weighted by atomic mass is 16.6. The lowest BCUT2D eigenvalue weighted by atomic mass is 9.94. The van der Waals surface area contributed by atoms with Gasteiger partial charge in [0.25, 0.3) is 0 Å². The van der Waals surface area contributed by atoms with Crippen molar-refractivity contribution in [2.75, 3.05) is 13.2 Å². The van der Waals surface area contributed by atoms with Crippen molar-refractivity contribution in [3.05, 3.63) is 11.6 Å². The van der Waals surface area contributed by atoms with Crippen molar-refractivity contribution in [3.8, 4) is 0 Å². The van der Waals surface area contributed by atoms with Gasteiger partial charge in [0.15, 0.2) is 0 Å². The second-order valence-electron chi connectivity index (χ2n) is 4.31. The number of ether oxygens (including phenoxy) is 2. The van der Waals surface area contributed by atoms with Crippen LogP contribution in [0.5, 0.6) is 0 Å². The van der Waals surface area contributed by atoms with Crippen molar-refractivity contribution in [2.45, 2.75) is 37.8 Å². The predicted octanol–water partition coefficient (Wildman–Crippen LogP) is -0.158. The quantitative estimate of drug-likeness (QED) is 0.578. The normalized spacial score (nSPS) is 46.4. The van der Waals surface area contributed by atoms with Crippen LogP contribution in [0.1, 0.15) is 13.8 Å². The predicted molar refractivity (Wildman–Crippen MR) is 49.9 cm³/mol. The fraction of sp³-hybridized carbons (Fsp3) is 0.800. The lowest BCUT2D eigenvalue weighted by molar-refractivity contribution is -0.0389. The summed E-state index contributed by atoms with van der Waals surface area (Å²) in [5.41, 5.74) is -0.0530. The summed E-state index contributed by atoms with van der Waals surface area (Å²) in [7, 11) is 0. The van der Waals surface area contributed by atoms with Gasteiger partial charge in [-0.1, -0.05) is 5.57 Å². The number of hydrogen-bond acceptors (Lipinski definition) is 4. The van der Waals surface area contributed by atoms with Crippen molar-refractivity contribution in [1.29, 1.82) is 0 Å². The van der Waals surface area contributed by atoms with E-state index >= 15 is 0 Å². The third-order valence-electron chi connectivity index (χ3n) is 2.66. The minimum Gasteiger partial charge on any atom is -0.388 e. The maximum absolute atomic E-state index is 10.2. The molecule has 0 spiro atoms. The first kappa shape index (κ1) is 10.1. The molecule has 0 bridgehead atoms. The van der Waals surface area contributed by atoms with Gasteiger partial charge in [0.05, 0.1) is 13.2 Å². The number of rotatable bonds is 1. The molecule has 80 valence electrons. The van der Waals surface area contributed by atoms with Crippen LogP contribution in [0.4, 0.5) is 0 Å². The molecule has 2 aliphatic heterocycles. The van der Waals surface area contributed by atoms with Crippen LogP contribution >= 0.6 is 0 Å². The summed E-state index contributed by atoms with van der Waals surface area (Å²) in [6.45, 7) is 4.27. The fourth-order valence-corrected chi connectivity index (χ4v) is 2.16. The Morgan fingerprint density at radius 2 is 2.14 bits per heavy atom. The zero-order valence-electron chi connectivity index (χ0n) is 8.43. The molecule has 0 saturated carbocycles. The van der Waals surface area contributed by atoms with E-state index in [-0.39, 0.29) is 19.3 Å². The molecule has 14 heavy (non-hydrogen) atoms. The van der Waals surface area contributed by atoms with E-state index in [1.165, 1.54) is 0 Å². The number of fused-ring (bicyclic) bond motifs is 1. The molecule has 2 rings (SSSR count). The van der Waals surface area contributed by atoms with E-state index in [9.17, 15) is 10.2 Å². The highest BCUT2D eigenvalue weighted by molar-refractivity contribution is 5.17. The highest BCUT2D eigenvalue weighted by Gasteiger charge is 2.54. The summed E-state index contributed by atoms with van der Waals surface area (Å²) in [4.78, 5) is 0. The van der Waals surface area contributed by atoms with Crippen molar-refractivity contribution >= 4 is 0 Å². The molecule has 2 heterocycles. The summed E-state index contributed by atoms with van der Waals surface area (Å²) < 4.78 is 10.7. The van der Waals surface area contributed by atoms with Gasteiger partial charge in [0.2, 0.25) is 0 Å². The molecule has 4 heteroatoms. The first-order chi connectivity index (χ1) is 6.53. The van der Waals surface area contributed by atoms with Crippen molar-refractivity contribution in [2.24, 2.45) is 0 Å². The Morgan fingerprint density at radius 1 is 1.43 bits per heavy atom. The minimum absolute atomic E-state index is 0.199. The lowest BCUT2D eigenvalue weighted by Gasteiger charge is -2.23. The Labute approximate surface area is 83.1 Å². The van der Waals surface area contributed by atoms with E-state index in [0.717, 1.165) is 5.57 Å². The third kappa shape index (κ3) is 1.48. The van der Waals surface area contributed by atoms with Gasteiger partial charge in [-0.3, -0.25) is 0 Å². The number of aliphatic hydroxyl groups excluding tert-OH is 1. The molecule has 0 radical (unpaired) electrons. The monoisotopic (exact) mass is 200 g/mol. The topological polar surface area (TPSA) is 58.9 Å². The number of aliphatic hydroxyl groups is 2. The molecular formula is C10H16O4. The molecule has 0 aliphatic carbocycles. The van der Waals surface area contributed by atoms with Crippen molar-refractivity contribution in [3.63, 3.8) is 0 Å². The SMILES string of the molecule is CC(C)=C[C@@]1(O)CO[C@@H]2[C@H](O)CO[C@@H]21. The van der Waals surface area contributed by atoms with Crippen LogP contribution in [0, 0.1) is 0 Å². The molecule has 0 aromatic heterocycles. The Balaban J connectivity index is 2.20. The Kier molecular flexibility index (Phi) is 2.39. The van der Waals surface area contributed by atoms with Gasteiger partial charge in [-0.25, -0.2) is 0 Å². The molecule has 0 unspecified atom stereocenters. The molecule has 2 aliphatic rings. The van der Waals surface area contributed by atoms with E-state index in [0.29, 0.717) is 0 Å². The van der Waals surface area contributed by atoms with Gasteiger partial charge in [0.1, 0.15) is 23.9 Å². The Hall–Kier alpha value is -0.420. The second-order valence-corrected chi connectivity index (χ2v) is 4.31. The average molecular weight is 200 g/mol. The average Bonchev–Trinajstić information content (AvgIpc) is 2.55. The zero-order valence-corrected chi connectivity index (χ0v) is 8.43. The van der Waals surface area contributed by atoms with Crippen LogP contribution in [0.15, 0.2) is 11.6 Å². The number of allylic oxidation sites excluding steroid dienone is 1. The van der Waals surface area contributed by atoms with E-state index in [4.69, 9.17) is 9.47 Å². The summed E-state index contributed by atoms with van der Waals surface area (Å²) in [6.07, 6.45) is 0.331. The highest BCUT2D eigenvalue weighted by Crippen LogP contribution is 2.35.